The third-order valence-corrected chi connectivity index (χ3v) is 4.28. The Morgan fingerprint density at radius 1 is 1.04 bits per heavy atom. The summed E-state index contributed by atoms with van der Waals surface area (Å²) in [5.74, 6) is 2.07. The number of methoxy groups -OCH3 is 1. The van der Waals surface area contributed by atoms with Crippen LogP contribution in [-0.2, 0) is 19.7 Å². The highest BCUT2D eigenvalue weighted by molar-refractivity contribution is 6.32. The molecule has 0 saturated carbocycles. The molecule has 2 aromatic carbocycles. The SMILES string of the molecule is COc1cc(CNCc2ccco2)cc(Cl)c1OCc1ccc(C)cc1. The van der Waals surface area contributed by atoms with Gasteiger partial charge in [0.1, 0.15) is 12.4 Å². The van der Waals surface area contributed by atoms with Crippen LogP contribution in [0.25, 0.3) is 0 Å². The zero-order chi connectivity index (χ0) is 18.4. The number of hydrogen-bond acceptors (Lipinski definition) is 4. The van der Waals surface area contributed by atoms with E-state index in [0.717, 1.165) is 16.9 Å². The van der Waals surface area contributed by atoms with Crippen LogP contribution < -0.4 is 14.8 Å². The first kappa shape index (κ1) is 18.4. The molecule has 1 heterocycles. The number of nitrogens with one attached hydrogen (secondary N) is 1. The Bertz CT molecular complexity index is 829. The van der Waals surface area contributed by atoms with Crippen molar-refractivity contribution in [1.29, 1.82) is 0 Å². The van der Waals surface area contributed by atoms with E-state index in [4.69, 9.17) is 25.5 Å². The second-order valence-electron chi connectivity index (χ2n) is 6.07. The third kappa shape index (κ3) is 4.81. The maximum absolute atomic E-state index is 6.43. The number of hydrogen-bond donors (Lipinski definition) is 1. The Morgan fingerprint density at radius 3 is 2.54 bits per heavy atom. The van der Waals surface area contributed by atoms with Crippen LogP contribution in [0.5, 0.6) is 11.5 Å². The molecule has 0 fully saturated rings. The van der Waals surface area contributed by atoms with E-state index in [-0.39, 0.29) is 0 Å². The molecule has 4 nitrogen and oxygen atoms in total. The molecule has 0 atom stereocenters. The van der Waals surface area contributed by atoms with Gasteiger partial charge in [-0.3, -0.25) is 0 Å². The lowest BCUT2D eigenvalue weighted by Gasteiger charge is -2.14. The highest BCUT2D eigenvalue weighted by Gasteiger charge is 2.12. The largest absolute Gasteiger partial charge is 0.493 e. The van der Waals surface area contributed by atoms with E-state index >= 15 is 0 Å². The van der Waals surface area contributed by atoms with Gasteiger partial charge in [-0.2, -0.15) is 0 Å². The fourth-order valence-electron chi connectivity index (χ4n) is 2.60. The molecule has 26 heavy (non-hydrogen) atoms. The lowest BCUT2D eigenvalue weighted by molar-refractivity contribution is 0.284. The summed E-state index contributed by atoms with van der Waals surface area (Å²) in [5, 5.41) is 3.85. The van der Waals surface area contributed by atoms with Crippen molar-refractivity contribution < 1.29 is 13.9 Å². The molecule has 0 saturated heterocycles. The van der Waals surface area contributed by atoms with Gasteiger partial charge >= 0.3 is 0 Å². The van der Waals surface area contributed by atoms with Crippen molar-refractivity contribution in [1.82, 2.24) is 5.32 Å². The molecule has 3 rings (SSSR count). The summed E-state index contributed by atoms with van der Waals surface area (Å²) in [6.07, 6.45) is 1.66. The monoisotopic (exact) mass is 371 g/mol. The highest BCUT2D eigenvalue weighted by atomic mass is 35.5. The van der Waals surface area contributed by atoms with E-state index in [0.29, 0.717) is 36.2 Å². The molecule has 0 unspecified atom stereocenters. The summed E-state index contributed by atoms with van der Waals surface area (Å²) in [5.41, 5.74) is 3.31. The molecule has 3 aromatic rings. The Hall–Kier alpha value is -2.43. The van der Waals surface area contributed by atoms with Crippen LogP contribution in [0, 0.1) is 6.92 Å². The lowest BCUT2D eigenvalue weighted by atomic mass is 10.1. The zero-order valence-corrected chi connectivity index (χ0v) is 15.7. The quantitative estimate of drug-likeness (QED) is 0.597. The highest BCUT2D eigenvalue weighted by Crippen LogP contribution is 2.37. The van der Waals surface area contributed by atoms with Gasteiger partial charge in [0.05, 0.1) is 24.9 Å². The maximum atomic E-state index is 6.43. The van der Waals surface area contributed by atoms with Gasteiger partial charge in [0.25, 0.3) is 0 Å². The molecule has 0 bridgehead atoms. The van der Waals surface area contributed by atoms with Gasteiger partial charge in [0, 0.05) is 6.54 Å². The van der Waals surface area contributed by atoms with Crippen molar-refractivity contribution in [2.75, 3.05) is 7.11 Å². The van der Waals surface area contributed by atoms with Crippen molar-refractivity contribution in [3.8, 4) is 11.5 Å². The van der Waals surface area contributed by atoms with Crippen LogP contribution in [0.15, 0.2) is 59.2 Å². The number of benzene rings is 2. The van der Waals surface area contributed by atoms with Crippen LogP contribution >= 0.6 is 11.6 Å². The molecule has 0 spiro atoms. The Kier molecular flexibility index (Phi) is 6.21. The molecular weight excluding hydrogens is 350 g/mol. The van der Waals surface area contributed by atoms with E-state index in [1.165, 1.54) is 5.56 Å². The zero-order valence-electron chi connectivity index (χ0n) is 14.9. The van der Waals surface area contributed by atoms with Crippen molar-refractivity contribution >= 4 is 11.6 Å². The van der Waals surface area contributed by atoms with Crippen molar-refractivity contribution in [3.05, 3.63) is 82.3 Å². The molecule has 0 amide bonds. The Balaban J connectivity index is 1.65. The normalized spacial score (nSPS) is 10.7. The average molecular weight is 372 g/mol. The van der Waals surface area contributed by atoms with E-state index < -0.39 is 0 Å². The summed E-state index contributed by atoms with van der Waals surface area (Å²) in [6, 6.07) is 15.8. The molecular formula is C21H22ClNO3. The first-order valence-electron chi connectivity index (χ1n) is 8.43. The third-order valence-electron chi connectivity index (χ3n) is 4.00. The summed E-state index contributed by atoms with van der Waals surface area (Å²) in [7, 11) is 1.62. The average Bonchev–Trinajstić information content (AvgIpc) is 3.15. The van der Waals surface area contributed by atoms with Crippen LogP contribution in [0.2, 0.25) is 5.02 Å². The molecule has 0 aliphatic carbocycles. The van der Waals surface area contributed by atoms with Crippen molar-refractivity contribution in [3.63, 3.8) is 0 Å². The van der Waals surface area contributed by atoms with Gasteiger partial charge in [0.15, 0.2) is 11.5 Å². The second kappa shape index (κ2) is 8.79. The number of halogens is 1. The minimum absolute atomic E-state index is 0.437. The van der Waals surface area contributed by atoms with Crippen LogP contribution in [0.1, 0.15) is 22.5 Å². The van der Waals surface area contributed by atoms with Crippen LogP contribution in [-0.4, -0.2) is 7.11 Å². The first-order chi connectivity index (χ1) is 12.7. The fraction of sp³-hybridized carbons (Fsp3) is 0.238. The molecule has 136 valence electrons. The van der Waals surface area contributed by atoms with Gasteiger partial charge in [-0.05, 0) is 42.3 Å². The van der Waals surface area contributed by atoms with E-state index in [9.17, 15) is 0 Å². The standard InChI is InChI=1S/C21H22ClNO3/c1-15-5-7-16(8-6-15)14-26-21-19(22)10-17(11-20(21)24-2)12-23-13-18-4-3-9-25-18/h3-11,23H,12-14H2,1-2H3. The fourth-order valence-corrected chi connectivity index (χ4v) is 2.89. The van der Waals surface area contributed by atoms with Crippen molar-refractivity contribution in [2.24, 2.45) is 0 Å². The minimum Gasteiger partial charge on any atom is -0.493 e. The predicted molar refractivity (Wildman–Crippen MR) is 103 cm³/mol. The smallest absolute Gasteiger partial charge is 0.180 e. The summed E-state index contributed by atoms with van der Waals surface area (Å²) >= 11 is 6.43. The lowest BCUT2D eigenvalue weighted by Crippen LogP contribution is -2.12. The molecule has 5 heteroatoms. The molecule has 0 radical (unpaired) electrons. The van der Waals surface area contributed by atoms with Gasteiger partial charge in [-0.15, -0.1) is 0 Å². The molecule has 0 aliphatic rings. The van der Waals surface area contributed by atoms with E-state index in [1.54, 1.807) is 13.4 Å². The van der Waals surface area contributed by atoms with Gasteiger partial charge in [0.2, 0.25) is 0 Å². The van der Waals surface area contributed by atoms with Gasteiger partial charge in [-0.1, -0.05) is 41.4 Å². The van der Waals surface area contributed by atoms with E-state index in [1.807, 2.05) is 36.4 Å². The topological polar surface area (TPSA) is 43.6 Å². The number of aryl methyl sites for hydroxylation is 1. The predicted octanol–water partition coefficient (Wildman–Crippen LogP) is 5.12. The van der Waals surface area contributed by atoms with Crippen LogP contribution in [0.4, 0.5) is 0 Å². The van der Waals surface area contributed by atoms with Gasteiger partial charge < -0.3 is 19.2 Å². The maximum Gasteiger partial charge on any atom is 0.180 e. The number of ether oxygens (including phenoxy) is 2. The van der Waals surface area contributed by atoms with E-state index in [2.05, 4.69) is 24.4 Å². The second-order valence-corrected chi connectivity index (χ2v) is 6.47. The summed E-state index contributed by atoms with van der Waals surface area (Å²) in [4.78, 5) is 0. The van der Waals surface area contributed by atoms with Gasteiger partial charge in [-0.25, -0.2) is 0 Å². The minimum atomic E-state index is 0.437. The molecule has 1 aromatic heterocycles. The molecule has 0 aliphatic heterocycles. The van der Waals surface area contributed by atoms with Crippen LogP contribution in [0.3, 0.4) is 0 Å². The number of furan rings is 1. The summed E-state index contributed by atoms with van der Waals surface area (Å²) in [6.45, 7) is 3.79. The van der Waals surface area contributed by atoms with Crippen molar-refractivity contribution in [2.45, 2.75) is 26.6 Å². The number of rotatable bonds is 8. The molecule has 1 N–H and O–H groups in total. The Labute approximate surface area is 158 Å². The Morgan fingerprint density at radius 2 is 1.85 bits per heavy atom. The summed E-state index contributed by atoms with van der Waals surface area (Å²) < 4.78 is 16.7. The first-order valence-corrected chi connectivity index (χ1v) is 8.81.